The minimum Gasteiger partial charge on any atom is -0.394 e. The molecule has 12 nitrogen and oxygen atoms in total. The Morgan fingerprint density at radius 3 is 2.22 bits per heavy atom. The molecule has 232 valence electrons. The summed E-state index contributed by atoms with van der Waals surface area (Å²) in [5.41, 5.74) is 0.876. The normalized spacial score (nSPS) is 43.4. The van der Waals surface area contributed by atoms with Crippen LogP contribution in [-0.4, -0.2) is 117 Å². The molecule has 4 rings (SSSR count). The van der Waals surface area contributed by atoms with Crippen LogP contribution >= 0.6 is 0 Å². The second-order valence-electron chi connectivity index (χ2n) is 11.7. The van der Waals surface area contributed by atoms with E-state index in [9.17, 15) is 35.4 Å². The lowest BCUT2D eigenvalue weighted by Crippen LogP contribution is -2.63. The van der Waals surface area contributed by atoms with Crippen LogP contribution in [0.2, 0.25) is 0 Å². The number of aliphatic hydroxyl groups excluding tert-OH is 6. The lowest BCUT2D eigenvalue weighted by molar-refractivity contribution is -0.269. The number of ether oxygens (including phenoxy) is 4. The molecule has 0 bridgehead atoms. The van der Waals surface area contributed by atoms with Crippen LogP contribution in [0.1, 0.15) is 45.6 Å². The maximum atomic E-state index is 12.3. The molecule has 0 saturated carbocycles. The molecular formula is C29H45NO11. The number of aliphatic hydroxyl groups is 6. The van der Waals surface area contributed by atoms with Crippen LogP contribution in [0.25, 0.3) is 0 Å². The van der Waals surface area contributed by atoms with Crippen molar-refractivity contribution in [1.29, 1.82) is 0 Å². The number of rotatable bonds is 9. The van der Waals surface area contributed by atoms with Crippen molar-refractivity contribution >= 4 is 5.91 Å². The van der Waals surface area contributed by atoms with Gasteiger partial charge in [0.05, 0.1) is 55.9 Å². The first-order valence-corrected chi connectivity index (χ1v) is 14.4. The van der Waals surface area contributed by atoms with Crippen molar-refractivity contribution in [1.82, 2.24) is 5.32 Å². The summed E-state index contributed by atoms with van der Waals surface area (Å²) in [5, 5.41) is 66.3. The van der Waals surface area contributed by atoms with Crippen molar-refractivity contribution in [3.63, 3.8) is 0 Å². The molecule has 41 heavy (non-hydrogen) atoms. The third kappa shape index (κ3) is 7.63. The van der Waals surface area contributed by atoms with Gasteiger partial charge in [-0.3, -0.25) is 4.79 Å². The fourth-order valence-electron chi connectivity index (χ4n) is 6.39. The van der Waals surface area contributed by atoms with Gasteiger partial charge in [0.25, 0.3) is 0 Å². The van der Waals surface area contributed by atoms with Crippen LogP contribution in [0.3, 0.4) is 0 Å². The lowest BCUT2D eigenvalue weighted by atomic mass is 9.75. The minimum absolute atomic E-state index is 0.120. The predicted octanol–water partition coefficient (Wildman–Crippen LogP) is -0.793. The van der Waals surface area contributed by atoms with Crippen LogP contribution in [0.15, 0.2) is 30.3 Å². The Morgan fingerprint density at radius 2 is 1.56 bits per heavy atom. The second kappa shape index (κ2) is 14.2. The maximum Gasteiger partial charge on any atom is 0.217 e. The summed E-state index contributed by atoms with van der Waals surface area (Å²) >= 11 is 0. The topological polar surface area (TPSA) is 187 Å². The number of carbonyl (C=O) groups excluding carboxylic acids is 1. The van der Waals surface area contributed by atoms with E-state index in [0.29, 0.717) is 6.42 Å². The summed E-state index contributed by atoms with van der Waals surface area (Å²) in [7, 11) is 0. The third-order valence-electron chi connectivity index (χ3n) is 8.60. The van der Waals surface area contributed by atoms with Gasteiger partial charge in [-0.25, -0.2) is 0 Å². The summed E-state index contributed by atoms with van der Waals surface area (Å²) in [6.45, 7) is 4.47. The van der Waals surface area contributed by atoms with E-state index in [1.807, 2.05) is 37.3 Å². The molecule has 3 fully saturated rings. The van der Waals surface area contributed by atoms with Gasteiger partial charge >= 0.3 is 0 Å². The zero-order chi connectivity index (χ0) is 29.8. The second-order valence-corrected chi connectivity index (χ2v) is 11.7. The van der Waals surface area contributed by atoms with Crippen LogP contribution in [0.5, 0.6) is 0 Å². The van der Waals surface area contributed by atoms with Crippen molar-refractivity contribution in [2.45, 2.75) is 120 Å². The highest BCUT2D eigenvalue weighted by Crippen LogP contribution is 2.39. The van der Waals surface area contributed by atoms with Gasteiger partial charge in [0.1, 0.15) is 24.4 Å². The van der Waals surface area contributed by atoms with Crippen LogP contribution in [0, 0.1) is 11.8 Å². The smallest absolute Gasteiger partial charge is 0.217 e. The zero-order valence-electron chi connectivity index (χ0n) is 23.7. The average molecular weight is 584 g/mol. The lowest BCUT2D eigenvalue weighted by Gasteiger charge is -2.48. The van der Waals surface area contributed by atoms with E-state index in [1.54, 1.807) is 6.92 Å². The van der Waals surface area contributed by atoms with Gasteiger partial charge in [-0.2, -0.15) is 0 Å². The summed E-state index contributed by atoms with van der Waals surface area (Å²) < 4.78 is 24.1. The van der Waals surface area contributed by atoms with Crippen molar-refractivity contribution in [3.05, 3.63) is 35.9 Å². The Labute approximate surface area is 240 Å². The van der Waals surface area contributed by atoms with Crippen molar-refractivity contribution in [3.8, 4) is 0 Å². The van der Waals surface area contributed by atoms with Gasteiger partial charge in [-0.05, 0) is 38.7 Å². The standard InChI is InChI=1S/C29H45NO11/c1-14-9-20(33)18(10-22-27(36)28(37)25(34)15(2)40-22)21(39-14)11-19-24(30-16(3)32)29(41-23(12-31)26(19)35)38-13-17-7-5-4-6-8-17/h4-8,14-15,18-29,31,33-37H,9-13H2,1-3H3,(H,30,32)/t14-,15-,18+,19+,20-,21-,22-,23+,24+,25+,26-,27+,28+,29-/m0/s1. The summed E-state index contributed by atoms with van der Waals surface area (Å²) in [5.74, 6) is -1.62. The first-order chi connectivity index (χ1) is 19.5. The van der Waals surface area contributed by atoms with Gasteiger partial charge in [0.15, 0.2) is 6.29 Å². The number of carbonyl (C=O) groups is 1. The SMILES string of the molecule is CC(=O)N[C@H]1[C@@H](OCc2ccccc2)O[C@H](CO)[C@@H](O)[C@@H]1C[C@@H]1O[C@@H](C)C[C@H](O)[C@H]1C[C@@H]1O[C@@H](C)[C@@H](O)[C@@H](O)[C@@H]1O. The van der Waals surface area contributed by atoms with Gasteiger partial charge in [-0.15, -0.1) is 0 Å². The predicted molar refractivity (Wildman–Crippen MR) is 144 cm³/mol. The molecule has 1 aromatic rings. The number of benzene rings is 1. The molecule has 12 heteroatoms. The average Bonchev–Trinajstić information content (AvgIpc) is 2.93. The van der Waals surface area contributed by atoms with E-state index in [4.69, 9.17) is 18.9 Å². The fourth-order valence-corrected chi connectivity index (χ4v) is 6.39. The Kier molecular flexibility index (Phi) is 11.1. The van der Waals surface area contributed by atoms with Crippen molar-refractivity contribution < 1.29 is 54.4 Å². The monoisotopic (exact) mass is 583 g/mol. The van der Waals surface area contributed by atoms with Gasteiger partial charge in [0.2, 0.25) is 5.91 Å². The molecule has 3 saturated heterocycles. The molecule has 0 spiro atoms. The Hall–Kier alpha value is -1.71. The number of nitrogens with one attached hydrogen (secondary N) is 1. The molecule has 14 atom stereocenters. The number of hydrogen-bond donors (Lipinski definition) is 7. The molecule has 3 aliphatic rings. The Morgan fingerprint density at radius 1 is 0.878 bits per heavy atom. The van der Waals surface area contributed by atoms with E-state index in [-0.39, 0.29) is 31.5 Å². The Bertz CT molecular complexity index is 969. The molecular weight excluding hydrogens is 538 g/mol. The summed E-state index contributed by atoms with van der Waals surface area (Å²) in [6.07, 6.45) is -9.99. The maximum absolute atomic E-state index is 12.3. The summed E-state index contributed by atoms with van der Waals surface area (Å²) in [6, 6.07) is 8.58. The first-order valence-electron chi connectivity index (χ1n) is 14.4. The number of hydrogen-bond acceptors (Lipinski definition) is 11. The largest absolute Gasteiger partial charge is 0.394 e. The highest BCUT2D eigenvalue weighted by atomic mass is 16.7. The molecule has 7 N–H and O–H groups in total. The number of amides is 1. The first kappa shape index (κ1) is 32.2. The van der Waals surface area contributed by atoms with E-state index < -0.39 is 85.7 Å². The minimum atomic E-state index is -1.41. The molecule has 3 aliphatic heterocycles. The van der Waals surface area contributed by atoms with Crippen LogP contribution in [0.4, 0.5) is 0 Å². The molecule has 0 aliphatic carbocycles. The highest BCUT2D eigenvalue weighted by molar-refractivity contribution is 5.73. The van der Waals surface area contributed by atoms with Crippen molar-refractivity contribution in [2.75, 3.05) is 6.61 Å². The van der Waals surface area contributed by atoms with E-state index >= 15 is 0 Å². The molecule has 0 unspecified atom stereocenters. The quantitative estimate of drug-likeness (QED) is 0.193. The molecule has 3 heterocycles. The van der Waals surface area contributed by atoms with Gasteiger partial charge < -0.3 is 54.9 Å². The molecule has 0 radical (unpaired) electrons. The van der Waals surface area contributed by atoms with Gasteiger partial charge in [-0.1, -0.05) is 30.3 Å². The van der Waals surface area contributed by atoms with Crippen LogP contribution in [-0.2, 0) is 30.3 Å². The van der Waals surface area contributed by atoms with Crippen molar-refractivity contribution in [2.24, 2.45) is 11.8 Å². The highest BCUT2D eigenvalue weighted by Gasteiger charge is 2.50. The van der Waals surface area contributed by atoms with E-state index in [2.05, 4.69) is 5.32 Å². The third-order valence-corrected chi connectivity index (χ3v) is 8.60. The fraction of sp³-hybridized carbons (Fsp3) is 0.759. The van der Waals surface area contributed by atoms with Gasteiger partial charge in [0, 0.05) is 18.8 Å². The van der Waals surface area contributed by atoms with E-state index in [0.717, 1.165) is 5.56 Å². The zero-order valence-corrected chi connectivity index (χ0v) is 23.7. The van der Waals surface area contributed by atoms with Crippen LogP contribution < -0.4 is 5.32 Å². The Balaban J connectivity index is 1.57. The molecule has 1 amide bonds. The molecule has 0 aromatic heterocycles. The summed E-state index contributed by atoms with van der Waals surface area (Å²) in [4.78, 5) is 12.3. The van der Waals surface area contributed by atoms with E-state index in [1.165, 1.54) is 6.92 Å². The molecule has 1 aromatic carbocycles.